The number of aryl methyl sites for hydroxylation is 2. The lowest BCUT2D eigenvalue weighted by atomic mass is 9.88. The fraction of sp³-hybridized carbons (Fsp3) is 0.611. The Hall–Kier alpha value is -1.11. The first-order chi connectivity index (χ1) is 8.85. The van der Waals surface area contributed by atoms with Gasteiger partial charge in [0.15, 0.2) is 5.78 Å². The predicted octanol–water partition coefficient (Wildman–Crippen LogP) is 4.43. The number of carbonyl (C=O) groups is 1. The van der Waals surface area contributed by atoms with Crippen molar-refractivity contribution in [2.45, 2.75) is 53.4 Å². The number of Topliss-reactive ketones (excluding diaryl/α,β-unsaturated/α-hetero) is 1. The quantitative estimate of drug-likeness (QED) is 0.715. The van der Waals surface area contributed by atoms with Gasteiger partial charge in [0.05, 0.1) is 0 Å². The maximum Gasteiger partial charge on any atom is 0.167 e. The molecule has 1 aromatic rings. The number of hydrogen-bond acceptors (Lipinski definition) is 1. The first-order valence-electron chi connectivity index (χ1n) is 7.52. The third kappa shape index (κ3) is 1.78. The molecular weight excluding hydrogens is 232 g/mol. The van der Waals surface area contributed by atoms with Crippen LogP contribution in [0.15, 0.2) is 18.2 Å². The highest BCUT2D eigenvalue weighted by Gasteiger charge is 2.67. The first kappa shape index (κ1) is 12.9. The normalized spacial score (nSPS) is 23.8. The molecule has 0 N–H and O–H groups in total. The number of fused-ring (bicyclic) bond motifs is 1. The number of rotatable bonds is 2. The minimum absolute atomic E-state index is 0.139. The highest BCUT2D eigenvalue weighted by molar-refractivity contribution is 6.01. The van der Waals surface area contributed by atoms with Crippen molar-refractivity contribution in [3.05, 3.63) is 34.9 Å². The molecule has 0 heterocycles. The van der Waals surface area contributed by atoms with Gasteiger partial charge in [-0.25, -0.2) is 0 Å². The standard InChI is InChI=1S/C18H24O/c1-17(2)16(18(17,3)4)15(19)14-10-9-12-7-5-6-8-13(12)11-14/h9-11,16H,5-8H2,1-4H3. The van der Waals surface area contributed by atoms with Gasteiger partial charge in [0.2, 0.25) is 0 Å². The van der Waals surface area contributed by atoms with Gasteiger partial charge in [-0.3, -0.25) is 4.79 Å². The van der Waals surface area contributed by atoms with E-state index in [1.54, 1.807) is 0 Å². The minimum atomic E-state index is 0.139. The van der Waals surface area contributed by atoms with Crippen LogP contribution in [0, 0.1) is 16.7 Å². The molecular formula is C18H24O. The average Bonchev–Trinajstić information content (AvgIpc) is 2.78. The van der Waals surface area contributed by atoms with E-state index >= 15 is 0 Å². The third-order valence-electron chi connectivity index (χ3n) is 5.92. The van der Waals surface area contributed by atoms with Gasteiger partial charge < -0.3 is 0 Å². The molecule has 0 atom stereocenters. The van der Waals surface area contributed by atoms with Gasteiger partial charge in [0.25, 0.3) is 0 Å². The average molecular weight is 256 g/mol. The lowest BCUT2D eigenvalue weighted by Crippen LogP contribution is -2.10. The van der Waals surface area contributed by atoms with Crippen molar-refractivity contribution in [1.82, 2.24) is 0 Å². The fourth-order valence-electron chi connectivity index (χ4n) is 3.91. The lowest BCUT2D eigenvalue weighted by Gasteiger charge is -2.16. The summed E-state index contributed by atoms with van der Waals surface area (Å²) in [6, 6.07) is 6.41. The molecule has 0 amide bonds. The zero-order valence-corrected chi connectivity index (χ0v) is 12.5. The van der Waals surface area contributed by atoms with Crippen molar-refractivity contribution in [1.29, 1.82) is 0 Å². The molecule has 2 aliphatic carbocycles. The topological polar surface area (TPSA) is 17.1 Å². The Kier molecular flexibility index (Phi) is 2.68. The van der Waals surface area contributed by atoms with Crippen molar-refractivity contribution >= 4 is 5.78 Å². The number of benzene rings is 1. The molecule has 2 aliphatic rings. The molecule has 1 aromatic carbocycles. The summed E-state index contributed by atoms with van der Waals surface area (Å²) < 4.78 is 0. The summed E-state index contributed by atoms with van der Waals surface area (Å²) in [6.07, 6.45) is 4.90. The Morgan fingerprint density at radius 1 is 1.00 bits per heavy atom. The van der Waals surface area contributed by atoms with Gasteiger partial charge in [0, 0.05) is 11.5 Å². The van der Waals surface area contributed by atoms with Crippen LogP contribution in [-0.4, -0.2) is 5.78 Å². The molecule has 0 saturated heterocycles. The van der Waals surface area contributed by atoms with Gasteiger partial charge in [-0.05, 0) is 53.7 Å². The summed E-state index contributed by atoms with van der Waals surface area (Å²) in [6.45, 7) is 8.86. The molecule has 1 saturated carbocycles. The van der Waals surface area contributed by atoms with E-state index in [9.17, 15) is 4.79 Å². The van der Waals surface area contributed by atoms with Crippen molar-refractivity contribution < 1.29 is 4.79 Å². The second-order valence-electron chi connectivity index (χ2n) is 7.43. The van der Waals surface area contributed by atoms with Crippen molar-refractivity contribution in [2.24, 2.45) is 16.7 Å². The van der Waals surface area contributed by atoms with E-state index < -0.39 is 0 Å². The maximum absolute atomic E-state index is 12.7. The minimum Gasteiger partial charge on any atom is -0.294 e. The van der Waals surface area contributed by atoms with Crippen LogP contribution in [0.2, 0.25) is 0 Å². The van der Waals surface area contributed by atoms with Crippen molar-refractivity contribution in [2.75, 3.05) is 0 Å². The van der Waals surface area contributed by atoms with E-state index in [1.807, 2.05) is 0 Å². The van der Waals surface area contributed by atoms with Gasteiger partial charge in [-0.2, -0.15) is 0 Å². The van der Waals surface area contributed by atoms with E-state index in [0.29, 0.717) is 5.78 Å². The molecule has 1 heteroatoms. The number of ketones is 1. The van der Waals surface area contributed by atoms with Gasteiger partial charge in [-0.15, -0.1) is 0 Å². The summed E-state index contributed by atoms with van der Waals surface area (Å²) in [5.74, 6) is 0.532. The van der Waals surface area contributed by atoms with Crippen LogP contribution in [0.25, 0.3) is 0 Å². The summed E-state index contributed by atoms with van der Waals surface area (Å²) in [7, 11) is 0. The first-order valence-corrected chi connectivity index (χ1v) is 7.52. The molecule has 0 aliphatic heterocycles. The molecule has 19 heavy (non-hydrogen) atoms. The van der Waals surface area contributed by atoms with E-state index in [1.165, 1.54) is 30.4 Å². The molecule has 102 valence electrons. The van der Waals surface area contributed by atoms with Crippen LogP contribution in [-0.2, 0) is 12.8 Å². The predicted molar refractivity (Wildman–Crippen MR) is 78.5 cm³/mol. The van der Waals surface area contributed by atoms with Crippen LogP contribution >= 0.6 is 0 Å². The summed E-state index contributed by atoms with van der Waals surface area (Å²) in [5, 5.41) is 0. The largest absolute Gasteiger partial charge is 0.294 e. The zero-order valence-electron chi connectivity index (χ0n) is 12.5. The van der Waals surface area contributed by atoms with Crippen LogP contribution in [0.3, 0.4) is 0 Å². The van der Waals surface area contributed by atoms with Crippen molar-refractivity contribution in [3.63, 3.8) is 0 Å². The number of hydrogen-bond donors (Lipinski definition) is 0. The van der Waals surface area contributed by atoms with Crippen LogP contribution < -0.4 is 0 Å². The lowest BCUT2D eigenvalue weighted by molar-refractivity contribution is 0.0945. The Morgan fingerprint density at radius 3 is 2.16 bits per heavy atom. The molecule has 0 aromatic heterocycles. The smallest absolute Gasteiger partial charge is 0.167 e. The monoisotopic (exact) mass is 256 g/mol. The second kappa shape index (κ2) is 3.94. The third-order valence-corrected chi connectivity index (χ3v) is 5.92. The molecule has 0 radical (unpaired) electrons. The Bertz CT molecular complexity index is 523. The zero-order chi connectivity index (χ0) is 13.8. The van der Waals surface area contributed by atoms with E-state index in [2.05, 4.69) is 45.9 Å². The van der Waals surface area contributed by atoms with Crippen LogP contribution in [0.1, 0.15) is 62.0 Å². The molecule has 0 unspecified atom stereocenters. The van der Waals surface area contributed by atoms with Crippen LogP contribution in [0.5, 0.6) is 0 Å². The maximum atomic E-state index is 12.7. The Morgan fingerprint density at radius 2 is 1.58 bits per heavy atom. The molecule has 0 bridgehead atoms. The molecule has 1 fully saturated rings. The molecule has 0 spiro atoms. The fourth-order valence-corrected chi connectivity index (χ4v) is 3.91. The summed E-state index contributed by atoms with van der Waals surface area (Å²) >= 11 is 0. The van der Waals surface area contributed by atoms with E-state index in [4.69, 9.17) is 0 Å². The van der Waals surface area contributed by atoms with E-state index in [-0.39, 0.29) is 16.7 Å². The van der Waals surface area contributed by atoms with Crippen LogP contribution in [0.4, 0.5) is 0 Å². The highest BCUT2D eigenvalue weighted by atomic mass is 16.1. The number of carbonyl (C=O) groups excluding carboxylic acids is 1. The molecule has 1 nitrogen and oxygen atoms in total. The Balaban J connectivity index is 1.90. The van der Waals surface area contributed by atoms with Gasteiger partial charge in [-0.1, -0.05) is 39.8 Å². The van der Waals surface area contributed by atoms with Crippen molar-refractivity contribution in [3.8, 4) is 0 Å². The summed E-state index contributed by atoms with van der Waals surface area (Å²) in [4.78, 5) is 12.7. The molecule has 3 rings (SSSR count). The van der Waals surface area contributed by atoms with Gasteiger partial charge in [0.1, 0.15) is 0 Å². The van der Waals surface area contributed by atoms with E-state index in [0.717, 1.165) is 12.0 Å². The Labute approximate surface area is 116 Å². The van der Waals surface area contributed by atoms with Gasteiger partial charge >= 0.3 is 0 Å². The summed E-state index contributed by atoms with van der Waals surface area (Å²) in [5.41, 5.74) is 4.08. The highest BCUT2D eigenvalue weighted by Crippen LogP contribution is 2.69. The SMILES string of the molecule is CC1(C)C(C(=O)c2ccc3c(c2)CCCC3)C1(C)C. The second-order valence-corrected chi connectivity index (χ2v) is 7.43.